The zero-order chi connectivity index (χ0) is 10.7. The summed E-state index contributed by atoms with van der Waals surface area (Å²) in [6.45, 7) is 0.372. The van der Waals surface area contributed by atoms with Crippen molar-refractivity contribution in [3.8, 4) is 11.8 Å². The molecule has 0 aliphatic rings. The van der Waals surface area contributed by atoms with Crippen molar-refractivity contribution in [2.75, 3.05) is 6.54 Å². The van der Waals surface area contributed by atoms with Crippen molar-refractivity contribution in [3.05, 3.63) is 47.0 Å². The van der Waals surface area contributed by atoms with Crippen molar-refractivity contribution >= 4 is 22.4 Å². The molecule has 2 rings (SSSR count). The van der Waals surface area contributed by atoms with Crippen molar-refractivity contribution < 1.29 is 0 Å². The summed E-state index contributed by atoms with van der Waals surface area (Å²) >= 11 is 6.09. The topological polar surface area (TPSA) is 26.0 Å². The maximum atomic E-state index is 6.09. The van der Waals surface area contributed by atoms with Crippen molar-refractivity contribution in [3.63, 3.8) is 0 Å². The summed E-state index contributed by atoms with van der Waals surface area (Å²) in [7, 11) is 0. The van der Waals surface area contributed by atoms with E-state index in [9.17, 15) is 0 Å². The zero-order valence-corrected chi connectivity index (χ0v) is 8.88. The highest BCUT2D eigenvalue weighted by atomic mass is 35.5. The molecule has 2 aromatic carbocycles. The summed E-state index contributed by atoms with van der Waals surface area (Å²) in [5.41, 5.74) is 6.32. The molecule has 1 nitrogen and oxygen atoms in total. The molecule has 0 amide bonds. The van der Waals surface area contributed by atoms with E-state index < -0.39 is 0 Å². The van der Waals surface area contributed by atoms with Crippen LogP contribution < -0.4 is 5.73 Å². The largest absolute Gasteiger partial charge is 0.320 e. The predicted octanol–water partition coefficient (Wildman–Crippen LogP) is 2.80. The first kappa shape index (κ1) is 10.0. The van der Waals surface area contributed by atoms with Crippen molar-refractivity contribution in [1.82, 2.24) is 0 Å². The lowest BCUT2D eigenvalue weighted by Crippen LogP contribution is -1.93. The lowest BCUT2D eigenvalue weighted by atomic mass is 10.0. The molecule has 0 radical (unpaired) electrons. The molecule has 0 fully saturated rings. The Hall–Kier alpha value is -1.49. The lowest BCUT2D eigenvalue weighted by molar-refractivity contribution is 1.30. The third-order valence-corrected chi connectivity index (χ3v) is 2.53. The van der Waals surface area contributed by atoms with Crippen LogP contribution in [0.25, 0.3) is 10.8 Å². The van der Waals surface area contributed by atoms with Crippen LogP contribution in [-0.2, 0) is 0 Å². The van der Waals surface area contributed by atoms with Gasteiger partial charge in [0.1, 0.15) is 0 Å². The minimum Gasteiger partial charge on any atom is -0.320 e. The van der Waals surface area contributed by atoms with Gasteiger partial charge in [0.05, 0.1) is 6.54 Å². The van der Waals surface area contributed by atoms with Crippen LogP contribution in [0, 0.1) is 11.8 Å². The molecule has 0 saturated carbocycles. The highest BCUT2D eigenvalue weighted by molar-refractivity contribution is 6.35. The Morgan fingerprint density at radius 1 is 1.07 bits per heavy atom. The van der Waals surface area contributed by atoms with E-state index in [4.69, 9.17) is 17.3 Å². The van der Waals surface area contributed by atoms with Crippen LogP contribution in [0.2, 0.25) is 5.02 Å². The van der Waals surface area contributed by atoms with E-state index >= 15 is 0 Å². The van der Waals surface area contributed by atoms with Crippen LogP contribution in [-0.4, -0.2) is 6.54 Å². The molecule has 0 aliphatic heterocycles. The van der Waals surface area contributed by atoms with Crippen LogP contribution >= 0.6 is 11.6 Å². The van der Waals surface area contributed by atoms with E-state index in [0.717, 1.165) is 21.4 Å². The summed E-state index contributed by atoms with van der Waals surface area (Å²) in [5.74, 6) is 5.89. The molecule has 0 unspecified atom stereocenters. The molecule has 0 atom stereocenters. The predicted molar refractivity (Wildman–Crippen MR) is 64.9 cm³/mol. The van der Waals surface area contributed by atoms with Crippen molar-refractivity contribution in [1.29, 1.82) is 0 Å². The van der Waals surface area contributed by atoms with E-state index in [2.05, 4.69) is 11.8 Å². The number of fused-ring (bicyclic) bond motifs is 1. The van der Waals surface area contributed by atoms with E-state index in [1.54, 1.807) is 0 Å². The number of hydrogen-bond acceptors (Lipinski definition) is 1. The highest BCUT2D eigenvalue weighted by Crippen LogP contribution is 2.25. The van der Waals surface area contributed by atoms with Gasteiger partial charge < -0.3 is 5.73 Å². The molecule has 0 aliphatic carbocycles. The Bertz CT molecular complexity index is 549. The summed E-state index contributed by atoms with van der Waals surface area (Å²) in [6, 6.07) is 11.7. The van der Waals surface area contributed by atoms with Crippen LogP contribution in [0.15, 0.2) is 36.4 Å². The first-order valence-corrected chi connectivity index (χ1v) is 5.07. The minimum absolute atomic E-state index is 0.372. The average Bonchev–Trinajstić information content (AvgIpc) is 2.29. The molecule has 2 N–H and O–H groups in total. The van der Waals surface area contributed by atoms with Gasteiger partial charge in [0, 0.05) is 16.0 Å². The maximum absolute atomic E-state index is 6.09. The monoisotopic (exact) mass is 215 g/mol. The highest BCUT2D eigenvalue weighted by Gasteiger charge is 2.01. The van der Waals surface area contributed by atoms with Crippen molar-refractivity contribution in [2.24, 2.45) is 5.73 Å². The number of halogens is 1. The Morgan fingerprint density at radius 3 is 2.53 bits per heavy atom. The van der Waals surface area contributed by atoms with Gasteiger partial charge in [-0.05, 0) is 17.5 Å². The van der Waals surface area contributed by atoms with E-state index in [1.807, 2.05) is 36.4 Å². The molecular formula is C13H10ClN. The summed E-state index contributed by atoms with van der Waals surface area (Å²) in [5, 5.41) is 2.86. The molecule has 0 aromatic heterocycles. The van der Waals surface area contributed by atoms with Crippen LogP contribution in [0.3, 0.4) is 0 Å². The number of rotatable bonds is 0. The fourth-order valence-electron chi connectivity index (χ4n) is 1.52. The smallest absolute Gasteiger partial charge is 0.0555 e. The van der Waals surface area contributed by atoms with Gasteiger partial charge in [-0.15, -0.1) is 0 Å². The van der Waals surface area contributed by atoms with Gasteiger partial charge in [0.2, 0.25) is 0 Å². The fraction of sp³-hybridized carbons (Fsp3) is 0.0769. The van der Waals surface area contributed by atoms with Gasteiger partial charge in [-0.1, -0.05) is 47.7 Å². The molecule has 15 heavy (non-hydrogen) atoms. The van der Waals surface area contributed by atoms with Gasteiger partial charge in [-0.3, -0.25) is 0 Å². The molecule has 74 valence electrons. The third kappa shape index (κ3) is 1.97. The first-order valence-electron chi connectivity index (χ1n) is 4.69. The molecule has 0 bridgehead atoms. The molecular weight excluding hydrogens is 206 g/mol. The van der Waals surface area contributed by atoms with E-state index in [-0.39, 0.29) is 0 Å². The standard InChI is InChI=1S/C13H10ClN/c14-13-8-7-10(4-3-9-15)11-5-1-2-6-12(11)13/h1-2,5-8H,9,15H2. The number of hydrogen-bond donors (Lipinski definition) is 1. The SMILES string of the molecule is NCC#Cc1ccc(Cl)c2ccccc12. The molecule has 0 spiro atoms. The lowest BCUT2D eigenvalue weighted by Gasteiger charge is -2.02. The molecule has 2 heteroatoms. The van der Waals surface area contributed by atoms with Crippen LogP contribution in [0.5, 0.6) is 0 Å². The molecule has 0 heterocycles. The summed E-state index contributed by atoms with van der Waals surface area (Å²) in [6.07, 6.45) is 0. The Balaban J connectivity index is 2.72. The summed E-state index contributed by atoms with van der Waals surface area (Å²) < 4.78 is 0. The molecule has 0 saturated heterocycles. The molecule has 2 aromatic rings. The average molecular weight is 216 g/mol. The van der Waals surface area contributed by atoms with Crippen LogP contribution in [0.1, 0.15) is 5.56 Å². The van der Waals surface area contributed by atoms with E-state index in [1.165, 1.54) is 0 Å². The Labute approximate surface area is 93.9 Å². The fourth-order valence-corrected chi connectivity index (χ4v) is 1.75. The van der Waals surface area contributed by atoms with Gasteiger partial charge >= 0.3 is 0 Å². The zero-order valence-electron chi connectivity index (χ0n) is 8.13. The maximum Gasteiger partial charge on any atom is 0.0555 e. The second kappa shape index (κ2) is 4.35. The van der Waals surface area contributed by atoms with Gasteiger partial charge in [0.25, 0.3) is 0 Å². The first-order chi connectivity index (χ1) is 7.33. The Morgan fingerprint density at radius 2 is 1.80 bits per heavy atom. The second-order valence-electron chi connectivity index (χ2n) is 3.15. The summed E-state index contributed by atoms with van der Waals surface area (Å²) in [4.78, 5) is 0. The minimum atomic E-state index is 0.372. The number of nitrogens with two attached hydrogens (primary N) is 1. The van der Waals surface area contributed by atoms with Gasteiger partial charge in [0.15, 0.2) is 0 Å². The van der Waals surface area contributed by atoms with Gasteiger partial charge in [-0.2, -0.15) is 0 Å². The normalized spacial score (nSPS) is 9.73. The van der Waals surface area contributed by atoms with E-state index in [0.29, 0.717) is 6.54 Å². The third-order valence-electron chi connectivity index (χ3n) is 2.20. The quantitative estimate of drug-likeness (QED) is 0.672. The number of benzene rings is 2. The Kier molecular flexibility index (Phi) is 2.91. The second-order valence-corrected chi connectivity index (χ2v) is 3.55. The van der Waals surface area contributed by atoms with Crippen molar-refractivity contribution in [2.45, 2.75) is 0 Å². The van der Waals surface area contributed by atoms with Gasteiger partial charge in [-0.25, -0.2) is 0 Å². The van der Waals surface area contributed by atoms with Crippen LogP contribution in [0.4, 0.5) is 0 Å².